The lowest BCUT2D eigenvalue weighted by atomic mass is 10.2. The van der Waals surface area contributed by atoms with Crippen molar-refractivity contribution < 1.29 is 9.53 Å². The van der Waals surface area contributed by atoms with Gasteiger partial charge in [-0.1, -0.05) is 25.0 Å². The van der Waals surface area contributed by atoms with Crippen LogP contribution in [-0.2, 0) is 0 Å². The first kappa shape index (κ1) is 17.2. The summed E-state index contributed by atoms with van der Waals surface area (Å²) in [6.07, 6.45) is 7.59. The topological polar surface area (TPSA) is 76.1 Å². The van der Waals surface area contributed by atoms with E-state index in [1.54, 1.807) is 6.20 Å². The van der Waals surface area contributed by atoms with Crippen LogP contribution in [0.15, 0.2) is 36.7 Å². The third-order valence-corrected chi connectivity index (χ3v) is 4.09. The molecule has 25 heavy (non-hydrogen) atoms. The van der Waals surface area contributed by atoms with Crippen LogP contribution in [0, 0.1) is 0 Å². The fraction of sp³-hybridized carbons (Fsp3) is 0.421. The van der Waals surface area contributed by atoms with Gasteiger partial charge in [-0.2, -0.15) is 0 Å². The fourth-order valence-corrected chi connectivity index (χ4v) is 2.90. The number of hydrogen-bond donors (Lipinski definition) is 2. The van der Waals surface area contributed by atoms with Crippen molar-refractivity contribution in [1.82, 2.24) is 15.3 Å². The Balaban J connectivity index is 1.65. The quantitative estimate of drug-likeness (QED) is 0.839. The van der Waals surface area contributed by atoms with Gasteiger partial charge in [-0.25, -0.2) is 9.97 Å². The van der Waals surface area contributed by atoms with Gasteiger partial charge in [0.05, 0.1) is 24.2 Å². The molecule has 0 spiro atoms. The van der Waals surface area contributed by atoms with Crippen molar-refractivity contribution >= 4 is 17.4 Å². The van der Waals surface area contributed by atoms with Crippen LogP contribution in [0.25, 0.3) is 0 Å². The molecular weight excluding hydrogens is 316 g/mol. The van der Waals surface area contributed by atoms with E-state index in [0.29, 0.717) is 11.5 Å². The number of carbonyl (C=O) groups is 1. The molecule has 1 amide bonds. The second-order valence-electron chi connectivity index (χ2n) is 6.53. The molecule has 1 aliphatic rings. The number of carbonyl (C=O) groups excluding carboxylic acids is 1. The predicted molar refractivity (Wildman–Crippen MR) is 97.2 cm³/mol. The van der Waals surface area contributed by atoms with Crippen LogP contribution in [-0.4, -0.2) is 28.0 Å². The van der Waals surface area contributed by atoms with E-state index in [2.05, 4.69) is 20.6 Å². The minimum Gasteiger partial charge on any atom is -0.489 e. The van der Waals surface area contributed by atoms with Crippen molar-refractivity contribution in [2.45, 2.75) is 51.7 Å². The van der Waals surface area contributed by atoms with Crippen molar-refractivity contribution in [3.63, 3.8) is 0 Å². The summed E-state index contributed by atoms with van der Waals surface area (Å²) in [6.45, 7) is 3.96. The van der Waals surface area contributed by atoms with Crippen LogP contribution in [0.2, 0.25) is 0 Å². The molecule has 1 aliphatic carbocycles. The molecule has 0 atom stereocenters. The van der Waals surface area contributed by atoms with Gasteiger partial charge in [0, 0.05) is 6.04 Å². The Morgan fingerprint density at radius 3 is 2.60 bits per heavy atom. The van der Waals surface area contributed by atoms with Crippen LogP contribution in [0.3, 0.4) is 0 Å². The second kappa shape index (κ2) is 7.96. The van der Waals surface area contributed by atoms with Gasteiger partial charge in [-0.15, -0.1) is 0 Å². The monoisotopic (exact) mass is 340 g/mol. The van der Waals surface area contributed by atoms with E-state index in [4.69, 9.17) is 4.74 Å². The molecule has 6 nitrogen and oxygen atoms in total. The second-order valence-corrected chi connectivity index (χ2v) is 6.53. The number of rotatable bonds is 6. The van der Waals surface area contributed by atoms with E-state index in [-0.39, 0.29) is 18.1 Å². The number of amides is 1. The molecule has 1 aromatic heterocycles. The lowest BCUT2D eigenvalue weighted by Crippen LogP contribution is -2.33. The van der Waals surface area contributed by atoms with Crippen molar-refractivity contribution in [2.75, 3.05) is 5.32 Å². The number of nitrogens with one attached hydrogen (secondary N) is 2. The molecule has 132 valence electrons. The SMILES string of the molecule is CC(C)Oc1ccccc1Nc1cnc(C(=O)NC2CCCC2)cn1. The van der Waals surface area contributed by atoms with Gasteiger partial charge < -0.3 is 15.4 Å². The van der Waals surface area contributed by atoms with E-state index in [1.807, 2.05) is 38.1 Å². The third kappa shape index (κ3) is 4.68. The highest BCUT2D eigenvalue weighted by atomic mass is 16.5. The molecule has 2 aromatic rings. The third-order valence-electron chi connectivity index (χ3n) is 4.09. The molecule has 1 heterocycles. The van der Waals surface area contributed by atoms with Crippen molar-refractivity contribution in [1.29, 1.82) is 0 Å². The molecule has 1 aromatic carbocycles. The Kier molecular flexibility index (Phi) is 5.48. The lowest BCUT2D eigenvalue weighted by Gasteiger charge is -2.15. The molecule has 0 aliphatic heterocycles. The summed E-state index contributed by atoms with van der Waals surface area (Å²) < 4.78 is 5.78. The van der Waals surface area contributed by atoms with E-state index in [9.17, 15) is 4.79 Å². The maximum Gasteiger partial charge on any atom is 0.271 e. The van der Waals surface area contributed by atoms with Gasteiger partial charge in [0.15, 0.2) is 0 Å². The Hall–Kier alpha value is -2.63. The number of benzene rings is 1. The van der Waals surface area contributed by atoms with E-state index in [1.165, 1.54) is 19.0 Å². The Morgan fingerprint density at radius 2 is 1.92 bits per heavy atom. The number of ether oxygens (including phenoxy) is 1. The highest BCUT2D eigenvalue weighted by Crippen LogP contribution is 2.27. The molecule has 3 rings (SSSR count). The van der Waals surface area contributed by atoms with Crippen LogP contribution in [0.5, 0.6) is 5.75 Å². The molecule has 1 fully saturated rings. The van der Waals surface area contributed by atoms with Crippen LogP contribution < -0.4 is 15.4 Å². The van der Waals surface area contributed by atoms with E-state index in [0.717, 1.165) is 24.3 Å². The van der Waals surface area contributed by atoms with Crippen molar-refractivity contribution in [2.24, 2.45) is 0 Å². The maximum atomic E-state index is 12.2. The maximum absolute atomic E-state index is 12.2. The van der Waals surface area contributed by atoms with Gasteiger partial charge in [0.25, 0.3) is 5.91 Å². The number of nitrogens with zero attached hydrogens (tertiary/aromatic N) is 2. The summed E-state index contributed by atoms with van der Waals surface area (Å²) in [5, 5.41) is 6.20. The van der Waals surface area contributed by atoms with Gasteiger partial charge in [0.2, 0.25) is 0 Å². The van der Waals surface area contributed by atoms with Gasteiger partial charge in [0.1, 0.15) is 17.3 Å². The first-order chi connectivity index (χ1) is 12.1. The van der Waals surface area contributed by atoms with Gasteiger partial charge in [-0.3, -0.25) is 4.79 Å². The largest absolute Gasteiger partial charge is 0.489 e. The average Bonchev–Trinajstić information content (AvgIpc) is 3.10. The Morgan fingerprint density at radius 1 is 1.16 bits per heavy atom. The Labute approximate surface area is 148 Å². The summed E-state index contributed by atoms with van der Waals surface area (Å²) in [7, 11) is 0. The summed E-state index contributed by atoms with van der Waals surface area (Å²) in [6, 6.07) is 7.93. The van der Waals surface area contributed by atoms with E-state index < -0.39 is 0 Å². The first-order valence-electron chi connectivity index (χ1n) is 8.77. The van der Waals surface area contributed by atoms with Crippen LogP contribution in [0.4, 0.5) is 11.5 Å². The molecule has 0 radical (unpaired) electrons. The molecular formula is C19H24N4O2. The minimum atomic E-state index is -0.158. The Bertz CT molecular complexity index is 710. The highest BCUT2D eigenvalue weighted by Gasteiger charge is 2.18. The normalized spacial score (nSPS) is 14.5. The molecule has 6 heteroatoms. The number of para-hydroxylation sites is 2. The smallest absolute Gasteiger partial charge is 0.271 e. The summed E-state index contributed by atoms with van der Waals surface area (Å²) in [5.41, 5.74) is 1.15. The molecule has 2 N–H and O–H groups in total. The van der Waals surface area contributed by atoms with Gasteiger partial charge >= 0.3 is 0 Å². The fourth-order valence-electron chi connectivity index (χ4n) is 2.90. The zero-order valence-corrected chi connectivity index (χ0v) is 14.7. The summed E-state index contributed by atoms with van der Waals surface area (Å²) in [5.74, 6) is 1.16. The lowest BCUT2D eigenvalue weighted by molar-refractivity contribution is 0.0932. The molecule has 1 saturated carbocycles. The number of hydrogen-bond acceptors (Lipinski definition) is 5. The van der Waals surface area contributed by atoms with Gasteiger partial charge in [-0.05, 0) is 38.8 Å². The minimum absolute atomic E-state index is 0.0793. The number of anilines is 2. The van der Waals surface area contributed by atoms with E-state index >= 15 is 0 Å². The molecule has 0 saturated heterocycles. The molecule has 0 bridgehead atoms. The van der Waals surface area contributed by atoms with Crippen LogP contribution in [0.1, 0.15) is 50.0 Å². The standard InChI is InChI=1S/C19H24N4O2/c1-13(2)25-17-10-6-5-9-15(17)23-18-12-20-16(11-21-18)19(24)22-14-7-3-4-8-14/h5-6,9-14H,3-4,7-8H2,1-2H3,(H,21,23)(H,22,24). The summed E-state index contributed by atoms with van der Waals surface area (Å²) >= 11 is 0. The zero-order chi connectivity index (χ0) is 17.6. The molecule has 0 unspecified atom stereocenters. The predicted octanol–water partition coefficient (Wildman–Crippen LogP) is 3.68. The number of aromatic nitrogens is 2. The summed E-state index contributed by atoms with van der Waals surface area (Å²) in [4.78, 5) is 20.7. The highest BCUT2D eigenvalue weighted by molar-refractivity contribution is 5.92. The first-order valence-corrected chi connectivity index (χ1v) is 8.77. The van der Waals surface area contributed by atoms with Crippen molar-refractivity contribution in [3.8, 4) is 5.75 Å². The van der Waals surface area contributed by atoms with Crippen molar-refractivity contribution in [3.05, 3.63) is 42.4 Å². The average molecular weight is 340 g/mol. The van der Waals surface area contributed by atoms with Crippen LogP contribution >= 0.6 is 0 Å². The zero-order valence-electron chi connectivity index (χ0n) is 14.7.